The Hall–Kier alpha value is -1.37. The minimum absolute atomic E-state index is 0.421. The van der Waals surface area contributed by atoms with Gasteiger partial charge in [-0.05, 0) is 6.92 Å². The van der Waals surface area contributed by atoms with Crippen molar-refractivity contribution in [2.24, 2.45) is 0 Å². The highest BCUT2D eigenvalue weighted by atomic mass is 32.2. The van der Waals surface area contributed by atoms with Crippen molar-refractivity contribution >= 4 is 22.3 Å². The smallest absolute Gasteiger partial charge is 0.242 e. The lowest BCUT2D eigenvalue weighted by atomic mass is 10.4. The fourth-order valence-corrected chi connectivity index (χ4v) is 2.78. The molecule has 0 amide bonds. The van der Waals surface area contributed by atoms with Gasteiger partial charge < -0.3 is 15.4 Å². The summed E-state index contributed by atoms with van der Waals surface area (Å²) >= 11 is 0. The highest BCUT2D eigenvalue weighted by Crippen LogP contribution is 2.28. The van der Waals surface area contributed by atoms with Gasteiger partial charge in [0.25, 0.3) is 0 Å². The van der Waals surface area contributed by atoms with E-state index >= 15 is 0 Å². The van der Waals surface area contributed by atoms with Crippen LogP contribution in [0.2, 0.25) is 0 Å². The van der Waals surface area contributed by atoms with Gasteiger partial charge in [0.05, 0.1) is 6.61 Å². The molecule has 1 aromatic heterocycles. The van der Waals surface area contributed by atoms with Crippen molar-refractivity contribution in [2.45, 2.75) is 6.92 Å². The van der Waals surface area contributed by atoms with E-state index in [1.807, 2.05) is 11.8 Å². The van der Waals surface area contributed by atoms with E-state index in [4.69, 9.17) is 10.5 Å². The lowest BCUT2D eigenvalue weighted by Gasteiger charge is -2.28. The Morgan fingerprint density at radius 3 is 2.82 bits per heavy atom. The molecule has 0 unspecified atom stereocenters. The molecule has 17 heavy (non-hydrogen) atoms. The van der Waals surface area contributed by atoms with Gasteiger partial charge in [0.1, 0.15) is 12.0 Å². The summed E-state index contributed by atoms with van der Waals surface area (Å²) in [6.07, 6.45) is 1.45. The molecule has 0 atom stereocenters. The SMILES string of the molecule is CCOc1ncnc(N2CCS(=O)CC2)c1N. The van der Waals surface area contributed by atoms with Gasteiger partial charge in [-0.2, -0.15) is 4.98 Å². The van der Waals surface area contributed by atoms with E-state index in [0.717, 1.165) is 0 Å². The molecule has 0 saturated carbocycles. The average molecular weight is 256 g/mol. The average Bonchev–Trinajstić information content (AvgIpc) is 2.34. The zero-order chi connectivity index (χ0) is 12.3. The van der Waals surface area contributed by atoms with Crippen molar-refractivity contribution in [2.75, 3.05) is 41.8 Å². The maximum atomic E-state index is 11.3. The van der Waals surface area contributed by atoms with Crippen molar-refractivity contribution in [1.29, 1.82) is 0 Å². The predicted molar refractivity (Wildman–Crippen MR) is 67.7 cm³/mol. The third-order valence-corrected chi connectivity index (χ3v) is 3.86. The molecule has 0 aliphatic carbocycles. The highest BCUT2D eigenvalue weighted by Gasteiger charge is 2.20. The van der Waals surface area contributed by atoms with E-state index < -0.39 is 10.8 Å². The van der Waals surface area contributed by atoms with Gasteiger partial charge in [-0.25, -0.2) is 4.98 Å². The van der Waals surface area contributed by atoms with Crippen LogP contribution in [-0.4, -0.2) is 45.4 Å². The summed E-state index contributed by atoms with van der Waals surface area (Å²) < 4.78 is 16.6. The molecule has 1 fully saturated rings. The number of aromatic nitrogens is 2. The number of nitrogens with zero attached hydrogens (tertiary/aromatic N) is 3. The molecule has 0 aromatic carbocycles. The van der Waals surface area contributed by atoms with Gasteiger partial charge in [0, 0.05) is 35.4 Å². The molecule has 2 rings (SSSR count). The second-order valence-electron chi connectivity index (χ2n) is 3.68. The third kappa shape index (κ3) is 2.66. The van der Waals surface area contributed by atoms with Crippen LogP contribution in [0.3, 0.4) is 0 Å². The molecule has 2 N–H and O–H groups in total. The molecule has 0 spiro atoms. The maximum Gasteiger partial charge on any atom is 0.242 e. The monoisotopic (exact) mass is 256 g/mol. The first-order chi connectivity index (χ1) is 8.22. The maximum absolute atomic E-state index is 11.3. The van der Waals surface area contributed by atoms with Gasteiger partial charge in [-0.15, -0.1) is 0 Å². The van der Waals surface area contributed by atoms with Gasteiger partial charge in [0.15, 0.2) is 5.82 Å². The van der Waals surface area contributed by atoms with Crippen LogP contribution in [0.15, 0.2) is 6.33 Å². The second-order valence-corrected chi connectivity index (χ2v) is 5.38. The molecule has 2 heterocycles. The summed E-state index contributed by atoms with van der Waals surface area (Å²) in [7, 11) is -0.707. The van der Waals surface area contributed by atoms with E-state index in [1.54, 1.807) is 0 Å². The molecule has 0 radical (unpaired) electrons. The van der Waals surface area contributed by atoms with Crippen molar-refractivity contribution in [3.05, 3.63) is 6.33 Å². The zero-order valence-electron chi connectivity index (χ0n) is 9.76. The second kappa shape index (κ2) is 5.31. The molecule has 0 bridgehead atoms. The lowest BCUT2D eigenvalue weighted by Crippen LogP contribution is -2.38. The fraction of sp³-hybridized carbons (Fsp3) is 0.600. The van der Waals surface area contributed by atoms with Crippen LogP contribution in [0.1, 0.15) is 6.92 Å². The van der Waals surface area contributed by atoms with Gasteiger partial charge >= 0.3 is 0 Å². The van der Waals surface area contributed by atoms with E-state index in [0.29, 0.717) is 48.6 Å². The van der Waals surface area contributed by atoms with Crippen LogP contribution < -0.4 is 15.4 Å². The molecule has 6 nitrogen and oxygen atoms in total. The third-order valence-electron chi connectivity index (χ3n) is 2.58. The lowest BCUT2D eigenvalue weighted by molar-refractivity contribution is 0.328. The number of anilines is 2. The van der Waals surface area contributed by atoms with Crippen molar-refractivity contribution in [3.8, 4) is 5.88 Å². The Kier molecular flexibility index (Phi) is 3.78. The minimum atomic E-state index is -0.707. The molecule has 1 aromatic rings. The van der Waals surface area contributed by atoms with Gasteiger partial charge in [0.2, 0.25) is 5.88 Å². The topological polar surface area (TPSA) is 81.3 Å². The molecular formula is C10H16N4O2S. The Balaban J connectivity index is 2.20. The molecule has 1 aliphatic heterocycles. The van der Waals surface area contributed by atoms with Crippen LogP contribution in [-0.2, 0) is 10.8 Å². The Labute approximate surface area is 103 Å². The molecule has 94 valence electrons. The summed E-state index contributed by atoms with van der Waals surface area (Å²) in [6.45, 7) is 3.81. The summed E-state index contributed by atoms with van der Waals surface area (Å²) in [5.74, 6) is 2.42. The van der Waals surface area contributed by atoms with E-state index in [1.165, 1.54) is 6.33 Å². The van der Waals surface area contributed by atoms with Crippen molar-refractivity contribution in [1.82, 2.24) is 9.97 Å². The normalized spacial score (nSPS) is 17.1. The zero-order valence-corrected chi connectivity index (χ0v) is 10.6. The van der Waals surface area contributed by atoms with Crippen LogP contribution in [0.4, 0.5) is 11.5 Å². The quantitative estimate of drug-likeness (QED) is 0.821. The minimum Gasteiger partial charge on any atom is -0.476 e. The van der Waals surface area contributed by atoms with E-state index in [9.17, 15) is 4.21 Å². The highest BCUT2D eigenvalue weighted by molar-refractivity contribution is 7.85. The summed E-state index contributed by atoms with van der Waals surface area (Å²) in [5, 5.41) is 0. The molecular weight excluding hydrogens is 240 g/mol. The number of nitrogens with two attached hydrogens (primary N) is 1. The number of hydrogen-bond donors (Lipinski definition) is 1. The van der Waals surface area contributed by atoms with Gasteiger partial charge in [-0.1, -0.05) is 0 Å². The van der Waals surface area contributed by atoms with Crippen LogP contribution in [0.5, 0.6) is 5.88 Å². The van der Waals surface area contributed by atoms with Gasteiger partial charge in [-0.3, -0.25) is 4.21 Å². The first kappa shape index (κ1) is 12.1. The first-order valence-electron chi connectivity index (χ1n) is 5.55. The number of hydrogen-bond acceptors (Lipinski definition) is 6. The van der Waals surface area contributed by atoms with Crippen molar-refractivity contribution < 1.29 is 8.95 Å². The Bertz CT molecular complexity index is 417. The van der Waals surface area contributed by atoms with Crippen LogP contribution in [0, 0.1) is 0 Å². The number of rotatable bonds is 3. The van der Waals surface area contributed by atoms with E-state index in [2.05, 4.69) is 9.97 Å². The number of ether oxygens (including phenoxy) is 1. The molecule has 7 heteroatoms. The van der Waals surface area contributed by atoms with Crippen LogP contribution >= 0.6 is 0 Å². The molecule has 1 aliphatic rings. The Morgan fingerprint density at radius 1 is 1.47 bits per heavy atom. The largest absolute Gasteiger partial charge is 0.476 e. The fourth-order valence-electron chi connectivity index (χ4n) is 1.72. The molecule has 1 saturated heterocycles. The van der Waals surface area contributed by atoms with E-state index in [-0.39, 0.29) is 0 Å². The first-order valence-corrected chi connectivity index (χ1v) is 7.04. The summed E-state index contributed by atoms with van der Waals surface area (Å²) in [4.78, 5) is 10.2. The summed E-state index contributed by atoms with van der Waals surface area (Å²) in [5.41, 5.74) is 6.43. The Morgan fingerprint density at radius 2 is 2.18 bits per heavy atom. The predicted octanol–water partition coefficient (Wildman–Crippen LogP) is 0.0262. The van der Waals surface area contributed by atoms with Crippen LogP contribution in [0.25, 0.3) is 0 Å². The standard InChI is InChI=1S/C10H16N4O2S/c1-2-16-10-8(11)9(12-7-13-10)14-3-5-17(15)6-4-14/h7H,2-6,11H2,1H3. The number of nitrogen functional groups attached to an aromatic ring is 1. The van der Waals surface area contributed by atoms with Crippen molar-refractivity contribution in [3.63, 3.8) is 0 Å². The summed E-state index contributed by atoms with van der Waals surface area (Å²) in [6, 6.07) is 0.